The zero-order valence-corrected chi connectivity index (χ0v) is 9.82. The van der Waals surface area contributed by atoms with Crippen molar-refractivity contribution in [3.05, 3.63) is 30.0 Å². The van der Waals surface area contributed by atoms with Crippen molar-refractivity contribution in [2.75, 3.05) is 12.3 Å². The molecule has 0 radical (unpaired) electrons. The third-order valence-corrected chi connectivity index (χ3v) is 2.58. The molecule has 1 amide bonds. The van der Waals surface area contributed by atoms with Gasteiger partial charge in [0.1, 0.15) is 5.58 Å². The van der Waals surface area contributed by atoms with Gasteiger partial charge in [-0.2, -0.15) is 0 Å². The smallest absolute Gasteiger partial charge is 0.287 e. The molecule has 3 N–H and O–H groups in total. The molecule has 1 aromatic heterocycles. The summed E-state index contributed by atoms with van der Waals surface area (Å²) in [7, 11) is 0. The van der Waals surface area contributed by atoms with E-state index in [-0.39, 0.29) is 5.91 Å². The molecule has 0 saturated carbocycles. The van der Waals surface area contributed by atoms with Crippen molar-refractivity contribution < 1.29 is 9.21 Å². The molecule has 0 atom stereocenters. The van der Waals surface area contributed by atoms with Crippen LogP contribution < -0.4 is 11.1 Å². The number of nitrogens with two attached hydrogens (primary N) is 1. The minimum atomic E-state index is -0.173. The molecule has 0 aliphatic rings. The molecular weight excluding hydrogens is 216 g/mol. The van der Waals surface area contributed by atoms with E-state index in [9.17, 15) is 4.79 Å². The maximum absolute atomic E-state index is 11.7. The van der Waals surface area contributed by atoms with E-state index < -0.39 is 0 Å². The fourth-order valence-corrected chi connectivity index (χ4v) is 1.64. The van der Waals surface area contributed by atoms with Crippen molar-refractivity contribution in [2.45, 2.75) is 19.8 Å². The second-order valence-corrected chi connectivity index (χ2v) is 4.02. The molecule has 1 heterocycles. The average Bonchev–Trinajstić information content (AvgIpc) is 2.72. The van der Waals surface area contributed by atoms with Crippen LogP contribution in [0.15, 0.2) is 28.7 Å². The van der Waals surface area contributed by atoms with E-state index in [4.69, 9.17) is 10.2 Å². The predicted octanol–water partition coefficient (Wildman–Crippen LogP) is 2.54. The van der Waals surface area contributed by atoms with Gasteiger partial charge in [-0.3, -0.25) is 4.79 Å². The van der Waals surface area contributed by atoms with Crippen molar-refractivity contribution in [2.24, 2.45) is 0 Å². The van der Waals surface area contributed by atoms with Crippen molar-refractivity contribution in [1.29, 1.82) is 0 Å². The third kappa shape index (κ3) is 2.58. The Labute approximate surface area is 99.8 Å². The normalized spacial score (nSPS) is 10.6. The highest BCUT2D eigenvalue weighted by atomic mass is 16.3. The number of hydrogen-bond donors (Lipinski definition) is 2. The van der Waals surface area contributed by atoms with Gasteiger partial charge in [0, 0.05) is 17.6 Å². The highest BCUT2D eigenvalue weighted by Crippen LogP contribution is 2.21. The first-order chi connectivity index (χ1) is 8.20. The minimum Gasteiger partial charge on any atom is -0.451 e. The SMILES string of the molecule is CCCCNC(=O)c1cc2cc(N)ccc2o1. The Morgan fingerprint density at radius 3 is 3.00 bits per heavy atom. The average molecular weight is 232 g/mol. The second kappa shape index (κ2) is 4.91. The number of fused-ring (bicyclic) bond motifs is 1. The highest BCUT2D eigenvalue weighted by Gasteiger charge is 2.11. The molecule has 0 bridgehead atoms. The van der Waals surface area contributed by atoms with Crippen LogP contribution in [0.1, 0.15) is 30.3 Å². The van der Waals surface area contributed by atoms with E-state index in [1.165, 1.54) is 0 Å². The van der Waals surface area contributed by atoms with Crippen molar-refractivity contribution in [1.82, 2.24) is 5.32 Å². The standard InChI is InChI=1S/C13H16N2O2/c1-2-3-6-15-13(16)12-8-9-7-10(14)4-5-11(9)17-12/h4-5,7-8H,2-3,6,14H2,1H3,(H,15,16). The van der Waals surface area contributed by atoms with Gasteiger partial charge in [0.25, 0.3) is 5.91 Å². The number of nitrogens with one attached hydrogen (secondary N) is 1. The molecular formula is C13H16N2O2. The molecule has 0 aliphatic heterocycles. The Kier molecular flexibility index (Phi) is 3.32. The summed E-state index contributed by atoms with van der Waals surface area (Å²) in [5.74, 6) is 0.162. The third-order valence-electron chi connectivity index (χ3n) is 2.58. The number of hydrogen-bond acceptors (Lipinski definition) is 3. The Balaban J connectivity index is 2.15. The van der Waals surface area contributed by atoms with E-state index in [2.05, 4.69) is 12.2 Å². The molecule has 17 heavy (non-hydrogen) atoms. The summed E-state index contributed by atoms with van der Waals surface area (Å²) in [5, 5.41) is 3.66. The molecule has 2 aromatic rings. The molecule has 1 aromatic carbocycles. The zero-order valence-electron chi connectivity index (χ0n) is 9.82. The first kappa shape index (κ1) is 11.5. The van der Waals surface area contributed by atoms with E-state index in [0.29, 0.717) is 23.6 Å². The van der Waals surface area contributed by atoms with Crippen LogP contribution in [0.5, 0.6) is 0 Å². The van der Waals surface area contributed by atoms with E-state index >= 15 is 0 Å². The fourth-order valence-electron chi connectivity index (χ4n) is 1.64. The molecule has 4 nitrogen and oxygen atoms in total. The fraction of sp³-hybridized carbons (Fsp3) is 0.308. The quantitative estimate of drug-likeness (QED) is 0.628. The molecule has 4 heteroatoms. The number of anilines is 1. The van der Waals surface area contributed by atoms with Crippen molar-refractivity contribution in [3.8, 4) is 0 Å². The maximum atomic E-state index is 11.7. The molecule has 0 spiro atoms. The van der Waals surface area contributed by atoms with Gasteiger partial charge in [0.15, 0.2) is 5.76 Å². The number of furan rings is 1. The second-order valence-electron chi connectivity index (χ2n) is 4.02. The molecule has 2 rings (SSSR count). The van der Waals surface area contributed by atoms with Gasteiger partial charge in [-0.15, -0.1) is 0 Å². The number of carbonyl (C=O) groups excluding carboxylic acids is 1. The number of amides is 1. The van der Waals surface area contributed by atoms with Gasteiger partial charge in [-0.25, -0.2) is 0 Å². The topological polar surface area (TPSA) is 68.3 Å². The Bertz CT molecular complexity index is 531. The molecule has 0 saturated heterocycles. The van der Waals surface area contributed by atoms with Gasteiger partial charge in [-0.1, -0.05) is 13.3 Å². The van der Waals surface area contributed by atoms with Crippen molar-refractivity contribution in [3.63, 3.8) is 0 Å². The number of rotatable bonds is 4. The number of carbonyl (C=O) groups is 1. The van der Waals surface area contributed by atoms with Crippen LogP contribution in [0.25, 0.3) is 11.0 Å². The van der Waals surface area contributed by atoms with Crippen LogP contribution in [0.2, 0.25) is 0 Å². The van der Waals surface area contributed by atoms with Crippen LogP contribution in [-0.4, -0.2) is 12.5 Å². The summed E-state index contributed by atoms with van der Waals surface area (Å²) < 4.78 is 5.45. The highest BCUT2D eigenvalue weighted by molar-refractivity contribution is 5.96. The minimum absolute atomic E-state index is 0.173. The lowest BCUT2D eigenvalue weighted by molar-refractivity contribution is 0.0927. The Morgan fingerprint density at radius 1 is 1.41 bits per heavy atom. The lowest BCUT2D eigenvalue weighted by Gasteiger charge is -2.00. The monoisotopic (exact) mass is 232 g/mol. The Morgan fingerprint density at radius 2 is 2.24 bits per heavy atom. The summed E-state index contributed by atoms with van der Waals surface area (Å²) in [6.07, 6.45) is 2.02. The van der Waals surface area contributed by atoms with Crippen LogP contribution >= 0.6 is 0 Å². The predicted molar refractivity (Wildman–Crippen MR) is 67.9 cm³/mol. The Hall–Kier alpha value is -1.97. The molecule has 90 valence electrons. The van der Waals surface area contributed by atoms with Gasteiger partial charge >= 0.3 is 0 Å². The number of unbranched alkanes of at least 4 members (excludes halogenated alkanes) is 1. The van der Waals surface area contributed by atoms with E-state index in [1.807, 2.05) is 0 Å². The largest absolute Gasteiger partial charge is 0.451 e. The van der Waals surface area contributed by atoms with Crippen LogP contribution in [0, 0.1) is 0 Å². The molecule has 0 fully saturated rings. The van der Waals surface area contributed by atoms with E-state index in [1.54, 1.807) is 24.3 Å². The van der Waals surface area contributed by atoms with Crippen LogP contribution in [-0.2, 0) is 0 Å². The van der Waals surface area contributed by atoms with E-state index in [0.717, 1.165) is 18.2 Å². The van der Waals surface area contributed by atoms with Gasteiger partial charge in [-0.05, 0) is 30.7 Å². The number of nitrogen functional groups attached to an aromatic ring is 1. The van der Waals surface area contributed by atoms with Crippen molar-refractivity contribution >= 4 is 22.6 Å². The lowest BCUT2D eigenvalue weighted by Crippen LogP contribution is -2.23. The summed E-state index contributed by atoms with van der Waals surface area (Å²) in [6, 6.07) is 7.03. The summed E-state index contributed by atoms with van der Waals surface area (Å²) in [4.78, 5) is 11.7. The summed E-state index contributed by atoms with van der Waals surface area (Å²) >= 11 is 0. The van der Waals surface area contributed by atoms with Crippen LogP contribution in [0.4, 0.5) is 5.69 Å². The van der Waals surface area contributed by atoms with Gasteiger partial charge in [0.2, 0.25) is 0 Å². The first-order valence-electron chi connectivity index (χ1n) is 5.78. The first-order valence-corrected chi connectivity index (χ1v) is 5.78. The number of benzene rings is 1. The lowest BCUT2D eigenvalue weighted by atomic mass is 10.2. The maximum Gasteiger partial charge on any atom is 0.287 e. The van der Waals surface area contributed by atoms with Crippen LogP contribution in [0.3, 0.4) is 0 Å². The summed E-state index contributed by atoms with van der Waals surface area (Å²) in [6.45, 7) is 2.75. The van der Waals surface area contributed by atoms with Gasteiger partial charge in [0.05, 0.1) is 0 Å². The summed E-state index contributed by atoms with van der Waals surface area (Å²) in [5.41, 5.74) is 7.01. The zero-order chi connectivity index (χ0) is 12.3. The molecule has 0 unspecified atom stereocenters. The molecule has 0 aliphatic carbocycles. The van der Waals surface area contributed by atoms with Gasteiger partial charge < -0.3 is 15.5 Å².